The first-order chi connectivity index (χ1) is 18.8. The van der Waals surface area contributed by atoms with E-state index in [0.717, 1.165) is 59.1 Å². The molecule has 0 aliphatic rings. The number of nitriles is 1. The molecule has 0 spiro atoms. The molecule has 3 nitrogen and oxygen atoms in total. The van der Waals surface area contributed by atoms with Crippen LogP contribution in [0.2, 0.25) is 0 Å². The van der Waals surface area contributed by atoms with Gasteiger partial charge in [0.05, 0.1) is 22.7 Å². The van der Waals surface area contributed by atoms with Gasteiger partial charge in [0, 0.05) is 36.8 Å². The van der Waals surface area contributed by atoms with Crippen molar-refractivity contribution in [3.63, 3.8) is 0 Å². The fourth-order valence-electron chi connectivity index (χ4n) is 5.49. The lowest BCUT2D eigenvalue weighted by Gasteiger charge is -2.19. The Kier molecular flexibility index (Phi) is 5.13. The summed E-state index contributed by atoms with van der Waals surface area (Å²) in [6, 6.07) is 32.2. The van der Waals surface area contributed by atoms with E-state index in [-0.39, 0.29) is 11.2 Å². The molecule has 0 aliphatic heterocycles. The lowest BCUT2D eigenvalue weighted by atomic mass is 9.87. The van der Waals surface area contributed by atoms with Crippen molar-refractivity contribution >= 4 is 53.3 Å². The molecule has 0 amide bonds. The van der Waals surface area contributed by atoms with Crippen molar-refractivity contribution in [3.8, 4) is 23.1 Å². The molecular weight excluding hydrogens is 501 g/mol. The second kappa shape index (κ2) is 8.49. The van der Waals surface area contributed by atoms with Gasteiger partial charge in [0.15, 0.2) is 0 Å². The highest BCUT2D eigenvalue weighted by Crippen LogP contribution is 2.43. The van der Waals surface area contributed by atoms with Crippen LogP contribution >= 0.6 is 11.3 Å². The normalized spacial score (nSPS) is 12.1. The zero-order chi connectivity index (χ0) is 26.9. The maximum absolute atomic E-state index is 14.2. The fourth-order valence-corrected chi connectivity index (χ4v) is 6.75. The third-order valence-corrected chi connectivity index (χ3v) is 8.67. The van der Waals surface area contributed by atoms with E-state index in [1.165, 1.54) is 23.0 Å². The van der Waals surface area contributed by atoms with Crippen LogP contribution in [0.1, 0.15) is 31.9 Å². The number of benzene rings is 5. The van der Waals surface area contributed by atoms with E-state index in [2.05, 4.69) is 79.9 Å². The zero-order valence-electron chi connectivity index (χ0n) is 21.8. The van der Waals surface area contributed by atoms with Gasteiger partial charge < -0.3 is 0 Å². The second-order valence-electron chi connectivity index (χ2n) is 10.9. The summed E-state index contributed by atoms with van der Waals surface area (Å²) in [6.07, 6.45) is 0. The Balaban J connectivity index is 1.60. The summed E-state index contributed by atoms with van der Waals surface area (Å²) in [6.45, 7) is 6.64. The maximum Gasteiger partial charge on any atom is 0.147 e. The maximum atomic E-state index is 14.2. The van der Waals surface area contributed by atoms with Gasteiger partial charge in [-0.2, -0.15) is 5.26 Å². The number of nitrogens with zero attached hydrogens (tertiary/aromatic N) is 3. The van der Waals surface area contributed by atoms with E-state index < -0.39 is 0 Å². The summed E-state index contributed by atoms with van der Waals surface area (Å²) in [7, 11) is 0. The number of hydrogen-bond acceptors (Lipinski definition) is 3. The van der Waals surface area contributed by atoms with Crippen LogP contribution in [-0.2, 0) is 5.41 Å². The molecule has 0 atom stereocenters. The Morgan fingerprint density at radius 3 is 2.44 bits per heavy atom. The molecule has 5 aromatic carbocycles. The van der Waals surface area contributed by atoms with Crippen molar-refractivity contribution < 1.29 is 4.39 Å². The van der Waals surface area contributed by atoms with Gasteiger partial charge in [0.1, 0.15) is 11.6 Å². The molecule has 0 bridgehead atoms. The minimum atomic E-state index is -0.285. The Hall–Kier alpha value is -4.53. The van der Waals surface area contributed by atoms with Crippen LogP contribution in [0.3, 0.4) is 0 Å². The quantitative estimate of drug-likeness (QED) is 0.225. The van der Waals surface area contributed by atoms with Crippen molar-refractivity contribution in [2.24, 2.45) is 0 Å². The molecule has 2 aromatic heterocycles. The first-order valence-electron chi connectivity index (χ1n) is 12.9. The van der Waals surface area contributed by atoms with Crippen LogP contribution in [0, 0.1) is 17.1 Å². The summed E-state index contributed by atoms with van der Waals surface area (Å²) < 4.78 is 18.1. The monoisotopic (exact) mass is 525 g/mol. The summed E-state index contributed by atoms with van der Waals surface area (Å²) in [5, 5.41) is 13.9. The molecular formula is C34H24FN3S. The van der Waals surface area contributed by atoms with Crippen LogP contribution in [0.15, 0.2) is 91.0 Å². The van der Waals surface area contributed by atoms with Gasteiger partial charge in [-0.1, -0.05) is 63.2 Å². The molecule has 5 heteroatoms. The third kappa shape index (κ3) is 3.64. The van der Waals surface area contributed by atoms with E-state index in [4.69, 9.17) is 4.98 Å². The molecule has 2 heterocycles. The molecule has 0 aliphatic carbocycles. The summed E-state index contributed by atoms with van der Waals surface area (Å²) in [5.74, 6) is 0.512. The predicted molar refractivity (Wildman–Crippen MR) is 160 cm³/mol. The molecule has 7 rings (SSSR count). The topological polar surface area (TPSA) is 41.6 Å². The number of fused-ring (bicyclic) bond motifs is 6. The van der Waals surface area contributed by atoms with Crippen LogP contribution in [-0.4, -0.2) is 9.55 Å². The molecule has 0 radical (unpaired) electrons. The van der Waals surface area contributed by atoms with Gasteiger partial charge in [0.25, 0.3) is 0 Å². The van der Waals surface area contributed by atoms with Gasteiger partial charge in [-0.3, -0.25) is 4.57 Å². The average molecular weight is 526 g/mol. The third-order valence-electron chi connectivity index (χ3n) is 7.49. The number of imidazole rings is 1. The lowest BCUT2D eigenvalue weighted by Crippen LogP contribution is -2.11. The number of halogens is 1. The molecule has 0 saturated carbocycles. The predicted octanol–water partition coefficient (Wildman–Crippen LogP) is 9.52. The van der Waals surface area contributed by atoms with Gasteiger partial charge in [-0.25, -0.2) is 9.37 Å². The highest BCUT2D eigenvalue weighted by atomic mass is 32.1. The minimum Gasteiger partial charge on any atom is -0.292 e. The number of aromatic nitrogens is 2. The molecule has 188 valence electrons. The first kappa shape index (κ1) is 23.6. The first-order valence-corrected chi connectivity index (χ1v) is 13.7. The smallest absolute Gasteiger partial charge is 0.147 e. The van der Waals surface area contributed by atoms with Crippen LogP contribution in [0.4, 0.5) is 4.39 Å². The summed E-state index contributed by atoms with van der Waals surface area (Å²) in [4.78, 5) is 5.26. The molecule has 39 heavy (non-hydrogen) atoms. The van der Waals surface area contributed by atoms with Crippen molar-refractivity contribution in [2.75, 3.05) is 0 Å². The highest BCUT2D eigenvalue weighted by Gasteiger charge is 2.22. The van der Waals surface area contributed by atoms with Gasteiger partial charge in [-0.15, -0.1) is 11.3 Å². The summed E-state index contributed by atoms with van der Waals surface area (Å²) in [5.41, 5.74) is 5.75. The SMILES string of the molecule is CC(C)(C)c1ccc(-n2c(-c3ccc(C#N)c4c3sc3cc(F)ccc34)nc3c4ccccc4ccc32)cc1. The Bertz CT molecular complexity index is 2120. The van der Waals surface area contributed by atoms with Crippen molar-refractivity contribution in [2.45, 2.75) is 26.2 Å². The number of thiophene rings is 1. The van der Waals surface area contributed by atoms with Crippen molar-refractivity contribution in [1.29, 1.82) is 5.26 Å². The highest BCUT2D eigenvalue weighted by molar-refractivity contribution is 7.26. The van der Waals surface area contributed by atoms with Gasteiger partial charge >= 0.3 is 0 Å². The Morgan fingerprint density at radius 1 is 0.872 bits per heavy atom. The van der Waals surface area contributed by atoms with Crippen molar-refractivity contribution in [3.05, 3.63) is 108 Å². The van der Waals surface area contributed by atoms with Crippen LogP contribution < -0.4 is 0 Å². The van der Waals surface area contributed by atoms with Crippen LogP contribution in [0.5, 0.6) is 0 Å². The molecule has 0 fully saturated rings. The van der Waals surface area contributed by atoms with E-state index >= 15 is 0 Å². The molecule has 7 aromatic rings. The number of rotatable bonds is 2. The summed E-state index contributed by atoms with van der Waals surface area (Å²) >= 11 is 1.51. The van der Waals surface area contributed by atoms with Gasteiger partial charge in [-0.05, 0) is 64.9 Å². The van der Waals surface area contributed by atoms with Crippen molar-refractivity contribution in [1.82, 2.24) is 9.55 Å². The Morgan fingerprint density at radius 2 is 1.67 bits per heavy atom. The second-order valence-corrected chi connectivity index (χ2v) is 12.0. The average Bonchev–Trinajstić information content (AvgIpc) is 3.51. The molecule has 0 unspecified atom stereocenters. The number of hydrogen-bond donors (Lipinski definition) is 0. The Labute approximate surface area is 229 Å². The molecule has 0 saturated heterocycles. The molecule has 0 N–H and O–H groups in total. The standard InChI is InChI=1S/C34H24FN3S/c1-34(2,3)22-10-13-24(14-11-22)38-28-17-9-20-6-4-5-7-25(20)31(28)37-33(38)27-15-8-21(19-36)30-26-16-12-23(35)18-29(26)39-32(27)30/h4-18H,1-3H3. The van der Waals surface area contributed by atoms with E-state index in [1.807, 2.05) is 24.3 Å². The minimum absolute atomic E-state index is 0.0419. The van der Waals surface area contributed by atoms with Crippen LogP contribution in [0.25, 0.3) is 59.1 Å². The van der Waals surface area contributed by atoms with Gasteiger partial charge in [0.2, 0.25) is 0 Å². The lowest BCUT2D eigenvalue weighted by molar-refractivity contribution is 0.590. The largest absolute Gasteiger partial charge is 0.292 e. The zero-order valence-corrected chi connectivity index (χ0v) is 22.6. The fraction of sp³-hybridized carbons (Fsp3) is 0.118. The van der Waals surface area contributed by atoms with E-state index in [0.29, 0.717) is 5.56 Å². The van der Waals surface area contributed by atoms with E-state index in [9.17, 15) is 9.65 Å². The van der Waals surface area contributed by atoms with E-state index in [1.54, 1.807) is 12.1 Å².